The second-order valence-corrected chi connectivity index (χ2v) is 9.69. The summed E-state index contributed by atoms with van der Waals surface area (Å²) in [6.07, 6.45) is 11.1. The van der Waals surface area contributed by atoms with Gasteiger partial charge in [0.25, 0.3) is 0 Å². The van der Waals surface area contributed by atoms with E-state index < -0.39 is 11.9 Å². The molecule has 0 radical (unpaired) electrons. The maximum atomic E-state index is 10.1. The zero-order valence-corrected chi connectivity index (χ0v) is 19.4. The van der Waals surface area contributed by atoms with Crippen LogP contribution in [0.1, 0.15) is 119 Å². The van der Waals surface area contributed by atoms with Gasteiger partial charge in [-0.05, 0) is 49.4 Å². The minimum absolute atomic E-state index is 0. The Balaban J connectivity index is -0.000000411. The van der Waals surface area contributed by atoms with Crippen LogP contribution in [0.3, 0.4) is 0 Å². The Labute approximate surface area is 177 Å². The number of aliphatic carboxylic acids is 2. The fourth-order valence-corrected chi connectivity index (χ4v) is 2.56. The van der Waals surface area contributed by atoms with Crippen LogP contribution in [-0.2, 0) is 26.1 Å². The van der Waals surface area contributed by atoms with Crippen LogP contribution in [0.15, 0.2) is 0 Å². The third-order valence-electron chi connectivity index (χ3n) is 4.12. The zero-order valence-electron chi connectivity index (χ0n) is 18.4. The summed E-state index contributed by atoms with van der Waals surface area (Å²) in [6.45, 7) is 13.4. The topological polar surface area (TPSA) is 80.3 Å². The van der Waals surface area contributed by atoms with Crippen molar-refractivity contribution in [1.82, 2.24) is 0 Å². The van der Waals surface area contributed by atoms with Gasteiger partial charge >= 0.3 is 16.5 Å². The molecule has 5 heteroatoms. The van der Waals surface area contributed by atoms with Gasteiger partial charge in [0.15, 0.2) is 0 Å². The SMILES string of the molecule is CC(C)(C)CCCCCCC(=O)[O-].CC(C)(C)CCCCCCC(=O)[O-].[Ni+2]. The Morgan fingerprint density at radius 2 is 0.815 bits per heavy atom. The molecule has 0 aromatic heterocycles. The third kappa shape index (κ3) is 37.0. The molecule has 0 saturated heterocycles. The van der Waals surface area contributed by atoms with Gasteiger partial charge in [0.2, 0.25) is 0 Å². The van der Waals surface area contributed by atoms with Crippen molar-refractivity contribution in [1.29, 1.82) is 0 Å². The van der Waals surface area contributed by atoms with Gasteiger partial charge in [-0.1, -0.05) is 80.1 Å². The van der Waals surface area contributed by atoms with E-state index in [2.05, 4.69) is 41.5 Å². The number of unbranched alkanes of at least 4 members (excludes halogenated alkanes) is 6. The van der Waals surface area contributed by atoms with Gasteiger partial charge in [-0.25, -0.2) is 0 Å². The molecule has 0 unspecified atom stereocenters. The van der Waals surface area contributed by atoms with Gasteiger partial charge < -0.3 is 19.8 Å². The number of carboxylic acid groups (broad SMARTS) is 2. The number of carbonyl (C=O) groups is 2. The van der Waals surface area contributed by atoms with Gasteiger partial charge in [-0.15, -0.1) is 0 Å². The van der Waals surface area contributed by atoms with E-state index in [4.69, 9.17) is 0 Å². The first-order valence-electron chi connectivity index (χ1n) is 10.2. The summed E-state index contributed by atoms with van der Waals surface area (Å²) in [5, 5.41) is 20.2. The summed E-state index contributed by atoms with van der Waals surface area (Å²) in [7, 11) is 0. The molecule has 0 atom stereocenters. The maximum absolute atomic E-state index is 10.1. The molecule has 0 aliphatic heterocycles. The molecule has 4 nitrogen and oxygen atoms in total. The van der Waals surface area contributed by atoms with E-state index in [0.717, 1.165) is 38.5 Å². The Kier molecular flexibility index (Phi) is 20.2. The zero-order chi connectivity index (χ0) is 20.6. The average Bonchev–Trinajstić information content (AvgIpc) is 2.44. The van der Waals surface area contributed by atoms with E-state index in [0.29, 0.717) is 10.8 Å². The number of hydrogen-bond acceptors (Lipinski definition) is 4. The maximum Gasteiger partial charge on any atom is 2.00 e. The summed E-state index contributed by atoms with van der Waals surface area (Å²) in [5.41, 5.74) is 0.822. The first-order chi connectivity index (χ1) is 11.8. The van der Waals surface area contributed by atoms with Gasteiger partial charge in [0.1, 0.15) is 0 Å². The van der Waals surface area contributed by atoms with Crippen molar-refractivity contribution in [2.75, 3.05) is 0 Å². The standard InChI is InChI=1S/2C11H22O2.Ni/c2*1-11(2,3)9-7-5-4-6-8-10(12)13;/h2*4-9H2,1-3H3,(H,12,13);/q;;+2/p-2. The van der Waals surface area contributed by atoms with Crippen molar-refractivity contribution in [2.45, 2.75) is 119 Å². The average molecular weight is 429 g/mol. The molecule has 0 heterocycles. The predicted octanol–water partition coefficient (Wildman–Crippen LogP) is 4.24. The van der Waals surface area contributed by atoms with E-state index in [1.165, 1.54) is 25.7 Å². The number of carbonyl (C=O) groups excluding carboxylic acids is 2. The van der Waals surface area contributed by atoms with Crippen molar-refractivity contribution in [3.8, 4) is 0 Å². The third-order valence-corrected chi connectivity index (χ3v) is 4.12. The van der Waals surface area contributed by atoms with Crippen LogP contribution in [-0.4, -0.2) is 11.9 Å². The van der Waals surface area contributed by atoms with Crippen molar-refractivity contribution in [3.63, 3.8) is 0 Å². The van der Waals surface area contributed by atoms with Crippen molar-refractivity contribution >= 4 is 11.9 Å². The normalized spacial score (nSPS) is 11.2. The molecule has 0 fully saturated rings. The quantitative estimate of drug-likeness (QED) is 0.343. The minimum Gasteiger partial charge on any atom is -0.550 e. The fourth-order valence-electron chi connectivity index (χ4n) is 2.56. The second kappa shape index (κ2) is 17.5. The van der Waals surface area contributed by atoms with Crippen molar-refractivity contribution in [2.24, 2.45) is 10.8 Å². The Morgan fingerprint density at radius 3 is 1.04 bits per heavy atom. The summed E-state index contributed by atoms with van der Waals surface area (Å²) >= 11 is 0. The molecule has 0 aromatic carbocycles. The van der Waals surface area contributed by atoms with Gasteiger partial charge in [0.05, 0.1) is 0 Å². The molecule has 0 saturated carbocycles. The molecule has 0 rings (SSSR count). The molecule has 0 aromatic rings. The van der Waals surface area contributed by atoms with Gasteiger partial charge in [-0.2, -0.15) is 0 Å². The molecule has 0 amide bonds. The molecular weight excluding hydrogens is 387 g/mol. The summed E-state index contributed by atoms with van der Waals surface area (Å²) in [6, 6.07) is 0. The fraction of sp³-hybridized carbons (Fsp3) is 0.909. The van der Waals surface area contributed by atoms with Gasteiger partial charge in [-0.3, -0.25) is 0 Å². The molecule has 0 N–H and O–H groups in total. The van der Waals surface area contributed by atoms with Crippen molar-refractivity contribution < 1.29 is 36.3 Å². The number of carboxylic acids is 2. The van der Waals surface area contributed by atoms with Crippen LogP contribution >= 0.6 is 0 Å². The number of hydrogen-bond donors (Lipinski definition) is 0. The Bertz CT molecular complexity index is 331. The smallest absolute Gasteiger partial charge is 0.550 e. The van der Waals surface area contributed by atoms with Crippen LogP contribution in [0.4, 0.5) is 0 Å². The monoisotopic (exact) mass is 428 g/mol. The first-order valence-corrected chi connectivity index (χ1v) is 10.2. The summed E-state index contributed by atoms with van der Waals surface area (Å²) in [5.74, 6) is -1.84. The van der Waals surface area contributed by atoms with E-state index in [1.807, 2.05) is 0 Å². The molecule has 0 aliphatic rings. The Hall–Kier alpha value is -0.566. The van der Waals surface area contributed by atoms with Crippen LogP contribution < -0.4 is 10.2 Å². The molecule has 0 aliphatic carbocycles. The van der Waals surface area contributed by atoms with E-state index >= 15 is 0 Å². The predicted molar refractivity (Wildman–Crippen MR) is 104 cm³/mol. The minimum atomic E-state index is -0.921. The molecule has 0 spiro atoms. The van der Waals surface area contributed by atoms with E-state index in [9.17, 15) is 19.8 Å². The van der Waals surface area contributed by atoms with Crippen LogP contribution in [0.25, 0.3) is 0 Å². The van der Waals surface area contributed by atoms with Crippen molar-refractivity contribution in [3.05, 3.63) is 0 Å². The molecular formula is C22H42NiO4. The summed E-state index contributed by atoms with van der Waals surface area (Å²) < 4.78 is 0. The molecule has 0 bridgehead atoms. The van der Waals surface area contributed by atoms with Crippen LogP contribution in [0, 0.1) is 10.8 Å². The molecule has 27 heavy (non-hydrogen) atoms. The Morgan fingerprint density at radius 1 is 0.556 bits per heavy atom. The van der Waals surface area contributed by atoms with Crippen LogP contribution in [0.5, 0.6) is 0 Å². The van der Waals surface area contributed by atoms with Gasteiger partial charge in [0, 0.05) is 11.9 Å². The first kappa shape index (κ1) is 31.1. The largest absolute Gasteiger partial charge is 2.00 e. The number of rotatable bonds is 12. The summed E-state index contributed by atoms with van der Waals surface area (Å²) in [4.78, 5) is 20.2. The van der Waals surface area contributed by atoms with Crippen LogP contribution in [0.2, 0.25) is 0 Å². The second-order valence-electron chi connectivity index (χ2n) is 9.69. The van der Waals surface area contributed by atoms with E-state index in [1.54, 1.807) is 0 Å². The molecule has 164 valence electrons. The van der Waals surface area contributed by atoms with E-state index in [-0.39, 0.29) is 29.3 Å².